The number of nitriles is 2. The average Bonchev–Trinajstić information content (AvgIpc) is 2.86. The summed E-state index contributed by atoms with van der Waals surface area (Å²) in [5.41, 5.74) is 2.82. The van der Waals surface area contributed by atoms with Gasteiger partial charge in [0.05, 0.1) is 11.4 Å². The van der Waals surface area contributed by atoms with Crippen molar-refractivity contribution in [1.29, 1.82) is 10.5 Å². The van der Waals surface area contributed by atoms with Crippen molar-refractivity contribution in [3.8, 4) is 17.8 Å². The third kappa shape index (κ3) is 2.62. The molecule has 20 heavy (non-hydrogen) atoms. The highest BCUT2D eigenvalue weighted by atomic mass is 19.1. The molecule has 2 rings (SSSR count). The first-order valence-corrected chi connectivity index (χ1v) is 5.59. The molecule has 0 fully saturated rings. The van der Waals surface area contributed by atoms with Crippen LogP contribution < -0.4 is 5.43 Å². The molecule has 6 nitrogen and oxygen atoms in total. The molecule has 0 unspecified atom stereocenters. The summed E-state index contributed by atoms with van der Waals surface area (Å²) in [4.78, 5) is 4.02. The van der Waals surface area contributed by atoms with Crippen LogP contribution in [-0.2, 0) is 0 Å². The van der Waals surface area contributed by atoms with Crippen LogP contribution in [0.2, 0.25) is 0 Å². The number of benzene rings is 1. The maximum absolute atomic E-state index is 14.0. The minimum atomic E-state index is -0.471. The van der Waals surface area contributed by atoms with Gasteiger partial charge in [-0.15, -0.1) is 0 Å². The van der Waals surface area contributed by atoms with E-state index in [1.165, 1.54) is 6.07 Å². The number of nitrogens with zero attached hydrogens (tertiary/aromatic N) is 5. The number of rotatable bonds is 3. The second-order valence-corrected chi connectivity index (χ2v) is 3.81. The van der Waals surface area contributed by atoms with Gasteiger partial charge < -0.3 is 4.57 Å². The Balaban J connectivity index is 2.28. The van der Waals surface area contributed by atoms with Crippen LogP contribution in [-0.4, -0.2) is 15.3 Å². The van der Waals surface area contributed by atoms with Crippen LogP contribution in [0.3, 0.4) is 0 Å². The van der Waals surface area contributed by atoms with Crippen LogP contribution in [0.4, 0.5) is 10.1 Å². The zero-order chi connectivity index (χ0) is 14.5. The van der Waals surface area contributed by atoms with Crippen LogP contribution in [0.5, 0.6) is 0 Å². The molecule has 0 spiro atoms. The Kier molecular flexibility index (Phi) is 3.73. The van der Waals surface area contributed by atoms with E-state index >= 15 is 0 Å². The summed E-state index contributed by atoms with van der Waals surface area (Å²) in [6.07, 6.45) is 3.24. The number of halogens is 1. The summed E-state index contributed by atoms with van der Waals surface area (Å²) in [6, 6.07) is 7.57. The molecular weight excluding hydrogens is 259 g/mol. The summed E-state index contributed by atoms with van der Waals surface area (Å²) in [5.74, 6) is 0.195. The largest absolute Gasteiger partial charge is 0.301 e. The van der Waals surface area contributed by atoms with E-state index in [4.69, 9.17) is 10.5 Å². The molecule has 0 saturated carbocycles. The van der Waals surface area contributed by atoms with E-state index < -0.39 is 5.82 Å². The lowest BCUT2D eigenvalue weighted by atomic mass is 10.2. The molecule has 1 aromatic heterocycles. The molecule has 7 heteroatoms. The van der Waals surface area contributed by atoms with Crippen molar-refractivity contribution in [2.45, 2.75) is 6.92 Å². The standard InChI is InChI=1S/C13H9FN6/c1-9-17-4-5-20(9)13-3-2-10(6-12(13)14)18-19-11(7-15)8-16/h2-6,18H,1H3. The lowest BCUT2D eigenvalue weighted by Crippen LogP contribution is -2.01. The number of anilines is 1. The maximum atomic E-state index is 14.0. The monoisotopic (exact) mass is 268 g/mol. The Bertz CT molecular complexity index is 731. The first-order chi connectivity index (χ1) is 9.65. The van der Waals surface area contributed by atoms with Crippen molar-refractivity contribution in [2.75, 3.05) is 5.43 Å². The molecule has 0 amide bonds. The van der Waals surface area contributed by atoms with E-state index in [0.29, 0.717) is 17.2 Å². The molecule has 0 aliphatic carbocycles. The van der Waals surface area contributed by atoms with Crippen LogP contribution in [0.25, 0.3) is 5.69 Å². The van der Waals surface area contributed by atoms with Gasteiger partial charge in [-0.05, 0) is 19.1 Å². The molecule has 0 aliphatic rings. The third-order valence-corrected chi connectivity index (χ3v) is 2.54. The van der Waals surface area contributed by atoms with E-state index in [0.717, 1.165) is 0 Å². The molecule has 0 radical (unpaired) electrons. The molecule has 0 aliphatic heterocycles. The molecule has 98 valence electrons. The third-order valence-electron chi connectivity index (χ3n) is 2.54. The number of imidazole rings is 1. The highest BCUT2D eigenvalue weighted by molar-refractivity contribution is 6.10. The summed E-state index contributed by atoms with van der Waals surface area (Å²) in [6.45, 7) is 1.77. The first-order valence-electron chi connectivity index (χ1n) is 5.59. The van der Waals surface area contributed by atoms with Crippen LogP contribution in [0.15, 0.2) is 35.7 Å². The zero-order valence-corrected chi connectivity index (χ0v) is 10.5. The molecule has 1 heterocycles. The number of aromatic nitrogens is 2. The Morgan fingerprint density at radius 3 is 2.70 bits per heavy atom. The quantitative estimate of drug-likeness (QED) is 0.682. The number of hydrogen-bond donors (Lipinski definition) is 1. The van der Waals surface area contributed by atoms with E-state index in [1.54, 1.807) is 48.2 Å². The molecule has 1 aromatic carbocycles. The number of aryl methyl sites for hydroxylation is 1. The van der Waals surface area contributed by atoms with E-state index in [9.17, 15) is 4.39 Å². The van der Waals surface area contributed by atoms with Crippen molar-refractivity contribution >= 4 is 11.4 Å². The SMILES string of the molecule is Cc1nccn1-c1ccc(NN=C(C#N)C#N)cc1F. The van der Waals surface area contributed by atoms with Gasteiger partial charge in [-0.1, -0.05) is 0 Å². The van der Waals surface area contributed by atoms with Gasteiger partial charge in [0.2, 0.25) is 5.71 Å². The van der Waals surface area contributed by atoms with E-state index in [-0.39, 0.29) is 5.71 Å². The molecule has 0 atom stereocenters. The fourth-order valence-corrected chi connectivity index (χ4v) is 1.60. The highest BCUT2D eigenvalue weighted by Gasteiger charge is 2.07. The second-order valence-electron chi connectivity index (χ2n) is 3.81. The maximum Gasteiger partial charge on any atom is 0.237 e. The van der Waals surface area contributed by atoms with Gasteiger partial charge >= 0.3 is 0 Å². The minimum absolute atomic E-state index is 0.333. The summed E-state index contributed by atoms with van der Waals surface area (Å²) in [7, 11) is 0. The molecule has 2 aromatic rings. The van der Waals surface area contributed by atoms with Crippen molar-refractivity contribution in [1.82, 2.24) is 9.55 Å². The number of hydrogen-bond acceptors (Lipinski definition) is 5. The first kappa shape index (κ1) is 13.2. The van der Waals surface area contributed by atoms with Crippen LogP contribution >= 0.6 is 0 Å². The zero-order valence-electron chi connectivity index (χ0n) is 10.5. The molecular formula is C13H9FN6. The van der Waals surface area contributed by atoms with Gasteiger partial charge in [0.1, 0.15) is 23.8 Å². The van der Waals surface area contributed by atoms with E-state index in [1.807, 2.05) is 0 Å². The van der Waals surface area contributed by atoms with Gasteiger partial charge in [-0.2, -0.15) is 15.6 Å². The lowest BCUT2D eigenvalue weighted by Gasteiger charge is -2.08. The number of hydrazone groups is 1. The van der Waals surface area contributed by atoms with Crippen LogP contribution in [0.1, 0.15) is 5.82 Å². The fourth-order valence-electron chi connectivity index (χ4n) is 1.60. The predicted molar refractivity (Wildman–Crippen MR) is 70.5 cm³/mol. The van der Waals surface area contributed by atoms with Gasteiger partial charge in [-0.25, -0.2) is 9.37 Å². The summed E-state index contributed by atoms with van der Waals surface area (Å²) < 4.78 is 15.6. The fraction of sp³-hybridized carbons (Fsp3) is 0.0769. The molecule has 1 N–H and O–H groups in total. The Morgan fingerprint density at radius 2 is 2.15 bits per heavy atom. The Morgan fingerprint density at radius 1 is 1.40 bits per heavy atom. The highest BCUT2D eigenvalue weighted by Crippen LogP contribution is 2.19. The Labute approximate surface area is 114 Å². The van der Waals surface area contributed by atoms with Crippen molar-refractivity contribution in [2.24, 2.45) is 5.10 Å². The lowest BCUT2D eigenvalue weighted by molar-refractivity contribution is 0.617. The molecule has 0 saturated heterocycles. The van der Waals surface area contributed by atoms with Gasteiger partial charge in [0.25, 0.3) is 0 Å². The van der Waals surface area contributed by atoms with Crippen LogP contribution in [0, 0.1) is 35.4 Å². The summed E-state index contributed by atoms with van der Waals surface area (Å²) in [5, 5.41) is 20.6. The van der Waals surface area contributed by atoms with Crippen molar-refractivity contribution in [3.05, 3.63) is 42.2 Å². The number of nitrogens with one attached hydrogen (secondary N) is 1. The van der Waals surface area contributed by atoms with Crippen molar-refractivity contribution in [3.63, 3.8) is 0 Å². The van der Waals surface area contributed by atoms with Gasteiger partial charge in [0.15, 0.2) is 0 Å². The average molecular weight is 268 g/mol. The van der Waals surface area contributed by atoms with Gasteiger partial charge in [0, 0.05) is 18.5 Å². The molecule has 0 bridgehead atoms. The smallest absolute Gasteiger partial charge is 0.237 e. The Hall–Kier alpha value is -3.19. The topological polar surface area (TPSA) is 89.8 Å². The predicted octanol–water partition coefficient (Wildman–Crippen LogP) is 2.13. The minimum Gasteiger partial charge on any atom is -0.301 e. The second kappa shape index (κ2) is 5.63. The summed E-state index contributed by atoms with van der Waals surface area (Å²) >= 11 is 0. The normalized spacial score (nSPS) is 9.40. The van der Waals surface area contributed by atoms with E-state index in [2.05, 4.69) is 15.5 Å². The van der Waals surface area contributed by atoms with Crippen molar-refractivity contribution < 1.29 is 4.39 Å². The van der Waals surface area contributed by atoms with Gasteiger partial charge in [-0.3, -0.25) is 5.43 Å².